The van der Waals surface area contributed by atoms with Gasteiger partial charge in [-0.05, 0) is 35.5 Å². The lowest BCUT2D eigenvalue weighted by Gasteiger charge is -2.18. The van der Waals surface area contributed by atoms with Gasteiger partial charge in [0.25, 0.3) is 0 Å². The van der Waals surface area contributed by atoms with E-state index in [0.29, 0.717) is 10.9 Å². The van der Waals surface area contributed by atoms with E-state index in [9.17, 15) is 4.79 Å². The maximum absolute atomic E-state index is 11.2. The highest BCUT2D eigenvalue weighted by Crippen LogP contribution is 2.32. The fraction of sp³-hybridized carbons (Fsp3) is 0.0741. The van der Waals surface area contributed by atoms with Gasteiger partial charge in [-0.25, -0.2) is 4.79 Å². The van der Waals surface area contributed by atoms with Gasteiger partial charge in [0.15, 0.2) is 0 Å². The molecule has 0 fully saturated rings. The molecule has 0 saturated carbocycles. The third-order valence-electron chi connectivity index (χ3n) is 4.61. The van der Waals surface area contributed by atoms with Crippen molar-refractivity contribution in [2.45, 2.75) is 5.33 Å². The third-order valence-corrected chi connectivity index (χ3v) is 7.66. The molecule has 4 heteroatoms. The highest BCUT2D eigenvalue weighted by atomic mass is 79.9. The number of rotatable bonds is 5. The van der Waals surface area contributed by atoms with E-state index in [1.807, 2.05) is 18.2 Å². The van der Waals surface area contributed by atoms with Gasteiger partial charge >= 0.3 is 5.97 Å². The minimum atomic E-state index is -0.446. The largest absolute Gasteiger partial charge is 0.465 e. The number of methoxy groups -OCH3 is 1. The van der Waals surface area contributed by atoms with Crippen molar-refractivity contribution in [1.29, 1.82) is 0 Å². The van der Waals surface area contributed by atoms with E-state index < -0.39 is 7.92 Å². The number of halogens is 1. The molecule has 0 radical (unpaired) electrons. The van der Waals surface area contributed by atoms with Crippen LogP contribution in [0.25, 0.3) is 0 Å². The van der Waals surface area contributed by atoms with Crippen LogP contribution in [0.1, 0.15) is 15.9 Å². The predicted octanol–water partition coefficient (Wildman–Crippen LogP) is 5.81. The van der Waals surface area contributed by atoms with Gasteiger partial charge < -0.3 is 4.74 Å². The number of hydrogen-bond acceptors (Lipinski definition) is 2. The SMILES string of the molecule is COC(=O)c1ccccc1CBr.c1ccc(P(c2ccccc2)c2ccccc2)cc1. The molecule has 4 aromatic carbocycles. The second kappa shape index (κ2) is 12.2. The number of carbonyl (C=O) groups excluding carboxylic acids is 1. The van der Waals surface area contributed by atoms with Crippen molar-refractivity contribution in [3.05, 3.63) is 126 Å². The van der Waals surface area contributed by atoms with E-state index in [4.69, 9.17) is 0 Å². The lowest BCUT2D eigenvalue weighted by Crippen LogP contribution is -2.20. The molecule has 4 aromatic rings. The summed E-state index contributed by atoms with van der Waals surface area (Å²) in [6.07, 6.45) is 0. The molecule has 0 aliphatic carbocycles. The van der Waals surface area contributed by atoms with Crippen LogP contribution in [0.2, 0.25) is 0 Å². The van der Waals surface area contributed by atoms with Crippen molar-refractivity contribution in [2.24, 2.45) is 0 Å². The van der Waals surface area contributed by atoms with Crippen LogP contribution >= 0.6 is 23.9 Å². The number of hydrogen-bond donors (Lipinski definition) is 0. The standard InChI is InChI=1S/C18H15P.C9H9BrO2/c1-4-10-16(11-5-1)19(17-12-6-2-7-13-17)18-14-8-3-9-15-18;1-12-9(11)8-5-3-2-4-7(8)6-10/h1-15H;2-5H,6H2,1H3. The summed E-state index contributed by atoms with van der Waals surface area (Å²) in [6.45, 7) is 0. The van der Waals surface area contributed by atoms with E-state index in [0.717, 1.165) is 5.56 Å². The van der Waals surface area contributed by atoms with Gasteiger partial charge in [-0.3, -0.25) is 0 Å². The molecule has 156 valence electrons. The Labute approximate surface area is 193 Å². The normalized spacial score (nSPS) is 10.2. The number of esters is 1. The summed E-state index contributed by atoms with van der Waals surface area (Å²) in [5.74, 6) is -0.287. The maximum atomic E-state index is 11.2. The smallest absolute Gasteiger partial charge is 0.338 e. The van der Waals surface area contributed by atoms with Crippen molar-refractivity contribution in [1.82, 2.24) is 0 Å². The first-order chi connectivity index (χ1) is 15.2. The highest BCUT2D eigenvalue weighted by Gasteiger charge is 2.15. The molecule has 0 N–H and O–H groups in total. The molecule has 31 heavy (non-hydrogen) atoms. The topological polar surface area (TPSA) is 26.3 Å². The van der Waals surface area contributed by atoms with Crippen molar-refractivity contribution in [2.75, 3.05) is 7.11 Å². The molecular formula is C27H24BrO2P. The predicted molar refractivity (Wildman–Crippen MR) is 136 cm³/mol. The van der Waals surface area contributed by atoms with Gasteiger partial charge in [0.05, 0.1) is 12.7 Å². The molecule has 0 saturated heterocycles. The average Bonchev–Trinajstić information content (AvgIpc) is 2.86. The van der Waals surface area contributed by atoms with Crippen LogP contribution in [0.3, 0.4) is 0 Å². The van der Waals surface area contributed by atoms with Crippen LogP contribution in [-0.2, 0) is 10.1 Å². The van der Waals surface area contributed by atoms with E-state index in [2.05, 4.69) is 112 Å². The first-order valence-electron chi connectivity index (χ1n) is 9.92. The van der Waals surface area contributed by atoms with Gasteiger partial charge in [-0.15, -0.1) is 0 Å². The van der Waals surface area contributed by atoms with Crippen LogP contribution in [0.15, 0.2) is 115 Å². The Morgan fingerprint density at radius 2 is 1.06 bits per heavy atom. The van der Waals surface area contributed by atoms with Crippen molar-refractivity contribution in [3.63, 3.8) is 0 Å². The molecule has 0 unspecified atom stereocenters. The van der Waals surface area contributed by atoms with E-state index in [-0.39, 0.29) is 5.97 Å². The molecule has 4 rings (SSSR count). The number of ether oxygens (including phenoxy) is 1. The third kappa shape index (κ3) is 6.37. The Morgan fingerprint density at radius 1 is 0.677 bits per heavy atom. The second-order valence-corrected chi connectivity index (χ2v) is 9.41. The summed E-state index contributed by atoms with van der Waals surface area (Å²) < 4.78 is 4.62. The van der Waals surface area contributed by atoms with E-state index >= 15 is 0 Å². The van der Waals surface area contributed by atoms with E-state index in [1.165, 1.54) is 23.0 Å². The monoisotopic (exact) mass is 490 g/mol. The zero-order chi connectivity index (χ0) is 21.9. The molecule has 0 heterocycles. The second-order valence-electron chi connectivity index (χ2n) is 6.62. The fourth-order valence-electron chi connectivity index (χ4n) is 3.12. The molecule has 0 aromatic heterocycles. The molecule has 0 spiro atoms. The molecule has 0 aliphatic heterocycles. The van der Waals surface area contributed by atoms with Crippen LogP contribution in [0.4, 0.5) is 0 Å². The molecule has 2 nitrogen and oxygen atoms in total. The average molecular weight is 491 g/mol. The Balaban J connectivity index is 0.000000196. The fourth-order valence-corrected chi connectivity index (χ4v) is 5.92. The zero-order valence-electron chi connectivity index (χ0n) is 17.3. The lowest BCUT2D eigenvalue weighted by atomic mass is 10.1. The van der Waals surface area contributed by atoms with Crippen LogP contribution in [-0.4, -0.2) is 13.1 Å². The number of alkyl halides is 1. The number of carbonyl (C=O) groups is 1. The van der Waals surface area contributed by atoms with Gasteiger partial charge in [0.1, 0.15) is 0 Å². The summed E-state index contributed by atoms with van der Waals surface area (Å²) in [5, 5.41) is 4.86. The summed E-state index contributed by atoms with van der Waals surface area (Å²) in [7, 11) is 0.936. The van der Waals surface area contributed by atoms with Crippen molar-refractivity contribution < 1.29 is 9.53 Å². The molecule has 0 aliphatic rings. The van der Waals surface area contributed by atoms with Crippen LogP contribution < -0.4 is 15.9 Å². The Bertz CT molecular complexity index is 976. The molecule has 0 bridgehead atoms. The number of benzene rings is 4. The zero-order valence-corrected chi connectivity index (χ0v) is 19.8. The summed E-state index contributed by atoms with van der Waals surface area (Å²) in [6, 6.07) is 39.7. The quantitative estimate of drug-likeness (QED) is 0.200. The van der Waals surface area contributed by atoms with Gasteiger partial charge in [-0.2, -0.15) is 0 Å². The minimum Gasteiger partial charge on any atom is -0.465 e. The van der Waals surface area contributed by atoms with Gasteiger partial charge in [0, 0.05) is 5.33 Å². The summed E-state index contributed by atoms with van der Waals surface area (Å²) in [4.78, 5) is 11.2. The molecular weight excluding hydrogens is 467 g/mol. The maximum Gasteiger partial charge on any atom is 0.338 e. The Kier molecular flexibility index (Phi) is 9.02. The summed E-state index contributed by atoms with van der Waals surface area (Å²) >= 11 is 3.30. The van der Waals surface area contributed by atoms with Crippen molar-refractivity contribution in [3.8, 4) is 0 Å². The molecule has 0 amide bonds. The Morgan fingerprint density at radius 3 is 1.45 bits per heavy atom. The van der Waals surface area contributed by atoms with Crippen LogP contribution in [0.5, 0.6) is 0 Å². The highest BCUT2D eigenvalue weighted by molar-refractivity contribution is 9.08. The molecule has 0 atom stereocenters. The van der Waals surface area contributed by atoms with Crippen molar-refractivity contribution >= 4 is 45.7 Å². The van der Waals surface area contributed by atoms with Gasteiger partial charge in [-0.1, -0.05) is 125 Å². The van der Waals surface area contributed by atoms with Gasteiger partial charge in [0.2, 0.25) is 0 Å². The Hall–Kier alpha value is -2.74. The van der Waals surface area contributed by atoms with E-state index in [1.54, 1.807) is 6.07 Å². The summed E-state index contributed by atoms with van der Waals surface area (Å²) in [5.41, 5.74) is 1.57. The first-order valence-corrected chi connectivity index (χ1v) is 12.4. The lowest BCUT2D eigenvalue weighted by molar-refractivity contribution is 0.0600. The van der Waals surface area contributed by atoms with Crippen LogP contribution in [0, 0.1) is 0 Å². The first kappa shape index (κ1) is 22.9. The minimum absolute atomic E-state index is 0.287.